The zero-order valence-corrected chi connectivity index (χ0v) is 16.7. The molecule has 2 aromatic heterocycles. The third-order valence-electron chi connectivity index (χ3n) is 5.48. The zero-order chi connectivity index (χ0) is 20.1. The smallest absolute Gasteiger partial charge is 0.224 e. The predicted octanol–water partition coefficient (Wildman–Crippen LogP) is 3.30. The number of hydrogen-bond donors (Lipinski definition) is 3. The molecule has 1 aliphatic carbocycles. The number of aliphatic hydroxyl groups excluding tert-OH is 1. The molecule has 2 heterocycles. The van der Waals surface area contributed by atoms with Crippen molar-refractivity contribution < 1.29 is 6.53 Å². The quantitative estimate of drug-likeness (QED) is 0.703. The van der Waals surface area contributed by atoms with Gasteiger partial charge in [-0.25, -0.2) is 4.98 Å². The molecule has 1 aliphatic rings. The van der Waals surface area contributed by atoms with E-state index in [1.54, 1.807) is 12.4 Å². The summed E-state index contributed by atoms with van der Waals surface area (Å²) in [6.07, 6.45) is 6.24. The van der Waals surface area contributed by atoms with Crippen LogP contribution in [0, 0.1) is 23.7 Å². The Hall–Kier alpha value is -2.72. The highest BCUT2D eigenvalue weighted by Gasteiger charge is 2.35. The second kappa shape index (κ2) is 8.53. The molecular formula is C21H30N6O. The van der Waals surface area contributed by atoms with Crippen LogP contribution in [0.1, 0.15) is 51.4 Å². The fourth-order valence-corrected chi connectivity index (χ4v) is 3.67. The topological polar surface area (TPSA) is 107 Å². The SMILES string of the molecule is Cc1cccnc1CCNc1ncc(C#N)c(N[C@@H]2CC[C@H](O)C(C)(C)C2)n1.[HH]. The van der Waals surface area contributed by atoms with Gasteiger partial charge in [0.1, 0.15) is 17.5 Å². The van der Waals surface area contributed by atoms with Gasteiger partial charge < -0.3 is 15.7 Å². The molecule has 0 bridgehead atoms. The van der Waals surface area contributed by atoms with Crippen LogP contribution in [0.2, 0.25) is 0 Å². The van der Waals surface area contributed by atoms with Gasteiger partial charge in [0, 0.05) is 32.3 Å². The van der Waals surface area contributed by atoms with Crippen LogP contribution in [-0.2, 0) is 6.42 Å². The summed E-state index contributed by atoms with van der Waals surface area (Å²) in [6.45, 7) is 6.85. The fraction of sp³-hybridized carbons (Fsp3) is 0.524. The first-order chi connectivity index (χ1) is 13.4. The van der Waals surface area contributed by atoms with Crippen molar-refractivity contribution >= 4 is 11.8 Å². The molecule has 0 unspecified atom stereocenters. The average Bonchev–Trinajstić information content (AvgIpc) is 2.66. The summed E-state index contributed by atoms with van der Waals surface area (Å²) in [5.41, 5.74) is 2.48. The molecule has 7 nitrogen and oxygen atoms in total. The van der Waals surface area contributed by atoms with Gasteiger partial charge in [0.15, 0.2) is 0 Å². The molecular weight excluding hydrogens is 352 g/mol. The van der Waals surface area contributed by atoms with Gasteiger partial charge >= 0.3 is 0 Å². The van der Waals surface area contributed by atoms with Crippen molar-refractivity contribution in [2.75, 3.05) is 17.2 Å². The number of aliphatic hydroxyl groups is 1. The number of nitrogens with one attached hydrogen (secondary N) is 2. The molecule has 0 aromatic carbocycles. The second-order valence-corrected chi connectivity index (χ2v) is 8.14. The summed E-state index contributed by atoms with van der Waals surface area (Å²) in [7, 11) is 0. The van der Waals surface area contributed by atoms with E-state index in [0.29, 0.717) is 23.9 Å². The predicted molar refractivity (Wildman–Crippen MR) is 111 cm³/mol. The van der Waals surface area contributed by atoms with Crippen LogP contribution in [0.25, 0.3) is 0 Å². The summed E-state index contributed by atoms with van der Waals surface area (Å²) in [5.74, 6) is 1.04. The monoisotopic (exact) mass is 382 g/mol. The van der Waals surface area contributed by atoms with E-state index in [1.807, 2.05) is 19.1 Å². The van der Waals surface area contributed by atoms with Crippen molar-refractivity contribution in [3.05, 3.63) is 41.3 Å². The summed E-state index contributed by atoms with van der Waals surface area (Å²) < 4.78 is 0. The molecule has 0 amide bonds. The Morgan fingerprint density at radius 2 is 2.18 bits per heavy atom. The molecule has 0 aliphatic heterocycles. The van der Waals surface area contributed by atoms with Crippen molar-refractivity contribution in [2.45, 2.75) is 58.6 Å². The normalized spacial score (nSPS) is 21.0. The average molecular weight is 383 g/mol. The molecule has 1 fully saturated rings. The molecule has 28 heavy (non-hydrogen) atoms. The number of pyridine rings is 1. The molecule has 7 heteroatoms. The lowest BCUT2D eigenvalue weighted by molar-refractivity contribution is 0.00926. The van der Waals surface area contributed by atoms with E-state index >= 15 is 0 Å². The minimum absolute atomic E-state index is 0. The van der Waals surface area contributed by atoms with Crippen LogP contribution in [-0.4, -0.2) is 38.7 Å². The molecule has 150 valence electrons. The number of nitrogens with zero attached hydrogens (tertiary/aromatic N) is 4. The van der Waals surface area contributed by atoms with Gasteiger partial charge in [0.2, 0.25) is 5.95 Å². The minimum Gasteiger partial charge on any atom is -0.393 e. The van der Waals surface area contributed by atoms with E-state index in [4.69, 9.17) is 0 Å². The van der Waals surface area contributed by atoms with Gasteiger partial charge in [-0.2, -0.15) is 10.2 Å². The van der Waals surface area contributed by atoms with Crippen LogP contribution < -0.4 is 10.6 Å². The first kappa shape index (κ1) is 20.0. The Bertz CT molecular complexity index is 866. The van der Waals surface area contributed by atoms with Gasteiger partial charge in [-0.1, -0.05) is 19.9 Å². The van der Waals surface area contributed by atoms with Crippen molar-refractivity contribution in [3.63, 3.8) is 0 Å². The number of aryl methyl sites for hydroxylation is 1. The van der Waals surface area contributed by atoms with Crippen LogP contribution in [0.5, 0.6) is 0 Å². The number of aromatic nitrogens is 3. The van der Waals surface area contributed by atoms with E-state index < -0.39 is 0 Å². The van der Waals surface area contributed by atoms with E-state index in [1.165, 1.54) is 0 Å². The van der Waals surface area contributed by atoms with E-state index in [2.05, 4.69) is 45.5 Å². The Labute approximate surface area is 167 Å². The third kappa shape index (κ3) is 4.76. The zero-order valence-electron chi connectivity index (χ0n) is 16.7. The molecule has 1 saturated carbocycles. The van der Waals surface area contributed by atoms with Gasteiger partial charge in [-0.3, -0.25) is 4.98 Å². The summed E-state index contributed by atoms with van der Waals surface area (Å²) in [5, 5.41) is 26.2. The van der Waals surface area contributed by atoms with Crippen LogP contribution in [0.4, 0.5) is 11.8 Å². The molecule has 3 rings (SSSR count). The van der Waals surface area contributed by atoms with Gasteiger partial charge in [0.05, 0.1) is 12.3 Å². The fourth-order valence-electron chi connectivity index (χ4n) is 3.67. The summed E-state index contributed by atoms with van der Waals surface area (Å²) in [6, 6.07) is 6.30. The summed E-state index contributed by atoms with van der Waals surface area (Å²) >= 11 is 0. The van der Waals surface area contributed by atoms with Crippen molar-refractivity contribution in [1.29, 1.82) is 5.26 Å². The third-order valence-corrected chi connectivity index (χ3v) is 5.48. The maximum Gasteiger partial charge on any atom is 0.224 e. The van der Waals surface area contributed by atoms with E-state index in [0.717, 1.165) is 36.9 Å². The summed E-state index contributed by atoms with van der Waals surface area (Å²) in [4.78, 5) is 13.2. The minimum atomic E-state index is -0.293. The van der Waals surface area contributed by atoms with Crippen molar-refractivity contribution in [2.24, 2.45) is 5.41 Å². The highest BCUT2D eigenvalue weighted by Crippen LogP contribution is 2.36. The first-order valence-electron chi connectivity index (χ1n) is 9.75. The number of nitriles is 1. The van der Waals surface area contributed by atoms with E-state index in [-0.39, 0.29) is 19.0 Å². The molecule has 2 aromatic rings. The van der Waals surface area contributed by atoms with Gasteiger partial charge in [0.25, 0.3) is 0 Å². The molecule has 0 spiro atoms. The standard InChI is InChI=1S/C21H28N6O.H2/c1-14-5-4-9-23-17(14)8-10-24-20-25-13-15(12-22)19(27-20)26-16-6-7-18(28)21(2,3)11-16;/h4-5,9,13,16,18,28H,6-8,10-11H2,1-3H3,(H2,24,25,26,27);1H/t16-,18+;/m1./s1. The molecule has 0 saturated heterocycles. The number of hydrogen-bond acceptors (Lipinski definition) is 7. The Balaban J connectivity index is 0.00000300. The molecule has 0 radical (unpaired) electrons. The maximum absolute atomic E-state index is 10.2. The maximum atomic E-state index is 10.2. The highest BCUT2D eigenvalue weighted by atomic mass is 16.3. The first-order valence-corrected chi connectivity index (χ1v) is 9.75. The Kier molecular flexibility index (Phi) is 6.10. The highest BCUT2D eigenvalue weighted by molar-refractivity contribution is 5.54. The number of anilines is 2. The van der Waals surface area contributed by atoms with Gasteiger partial charge in [-0.15, -0.1) is 0 Å². The Morgan fingerprint density at radius 1 is 1.36 bits per heavy atom. The molecule has 2 atom stereocenters. The van der Waals surface area contributed by atoms with Crippen molar-refractivity contribution in [1.82, 2.24) is 15.0 Å². The Morgan fingerprint density at radius 3 is 2.89 bits per heavy atom. The second-order valence-electron chi connectivity index (χ2n) is 8.14. The molecule has 3 N–H and O–H groups in total. The lowest BCUT2D eigenvalue weighted by Crippen LogP contribution is -2.41. The lowest BCUT2D eigenvalue weighted by Gasteiger charge is -2.40. The van der Waals surface area contributed by atoms with Crippen molar-refractivity contribution in [3.8, 4) is 6.07 Å². The van der Waals surface area contributed by atoms with Crippen LogP contribution in [0.15, 0.2) is 24.5 Å². The van der Waals surface area contributed by atoms with Crippen LogP contribution in [0.3, 0.4) is 0 Å². The van der Waals surface area contributed by atoms with Crippen LogP contribution >= 0.6 is 0 Å². The van der Waals surface area contributed by atoms with E-state index in [9.17, 15) is 10.4 Å². The number of rotatable bonds is 6. The van der Waals surface area contributed by atoms with Gasteiger partial charge in [-0.05, 0) is 43.2 Å². The lowest BCUT2D eigenvalue weighted by atomic mass is 9.73. The largest absolute Gasteiger partial charge is 0.393 e.